The van der Waals surface area contributed by atoms with E-state index in [-0.39, 0.29) is 46.8 Å². The van der Waals surface area contributed by atoms with Gasteiger partial charge in [-0.15, -0.1) is 0 Å². The minimum atomic E-state index is -0.959. The minimum Gasteiger partial charge on any atom is -0.450 e. The van der Waals surface area contributed by atoms with E-state index in [9.17, 15) is 19.2 Å². The molecule has 1 saturated heterocycles. The van der Waals surface area contributed by atoms with Gasteiger partial charge in [0.25, 0.3) is 0 Å². The Morgan fingerprint density at radius 3 is 2.43 bits per heavy atom. The highest BCUT2D eigenvalue weighted by Gasteiger charge is 2.60. The molecule has 2 heterocycles. The largest absolute Gasteiger partial charge is 0.450 e. The maximum Gasteiger partial charge on any atom is 0.339 e. The molecule has 220 valence electrons. The van der Waals surface area contributed by atoms with E-state index in [1.165, 1.54) is 10.5 Å². The fourth-order valence-electron chi connectivity index (χ4n) is 7.14. The molecule has 0 radical (unpaired) electrons. The molecule has 2 bridgehead atoms. The molecule has 2 aliphatic carbocycles. The Hall–Kier alpha value is -4.62. The van der Waals surface area contributed by atoms with E-state index in [1.54, 1.807) is 79.7 Å². The van der Waals surface area contributed by atoms with Crippen LogP contribution in [0, 0.1) is 23.7 Å². The third-order valence-corrected chi connectivity index (χ3v) is 9.59. The number of rotatable bonds is 7. The normalized spacial score (nSPS) is 22.7. The first-order chi connectivity index (χ1) is 21.3. The van der Waals surface area contributed by atoms with Gasteiger partial charge in [0.1, 0.15) is 0 Å². The van der Waals surface area contributed by atoms with Crippen molar-refractivity contribution in [2.24, 2.45) is 23.7 Å². The van der Waals surface area contributed by atoms with E-state index in [0.717, 1.165) is 6.42 Å². The van der Waals surface area contributed by atoms with Crippen LogP contribution < -0.4 is 4.90 Å². The lowest BCUT2D eigenvalue weighted by Gasteiger charge is -2.19. The Morgan fingerprint density at radius 1 is 0.977 bits per heavy atom. The van der Waals surface area contributed by atoms with Crippen LogP contribution in [-0.2, 0) is 14.3 Å². The monoisotopic (exact) mass is 604 g/mol. The summed E-state index contributed by atoms with van der Waals surface area (Å²) in [5, 5.41) is 0.865. The predicted molar refractivity (Wildman–Crippen MR) is 167 cm³/mol. The maximum absolute atomic E-state index is 13.6. The summed E-state index contributed by atoms with van der Waals surface area (Å²) in [6.45, 7) is 3.84. The van der Waals surface area contributed by atoms with Gasteiger partial charge in [-0.2, -0.15) is 0 Å². The molecule has 1 saturated carbocycles. The highest BCUT2D eigenvalue weighted by Crippen LogP contribution is 2.56. The number of ketones is 1. The standard InChI is InChI=1S/C36H29ClN2O5/c1-3-29(33(40)21-8-5-4-6-9-21)44-36(43)26-18-28(38-32-24(26)10-7-11-27(32)37)20-12-14-23(15-13-20)39-34(41)30-22-16-19(2)25(17-22)31(30)35(39)42/h4-16,18,22,25,29-31H,3,17H2,1-2H3. The minimum absolute atomic E-state index is 0.130. The molecule has 1 aliphatic heterocycles. The smallest absolute Gasteiger partial charge is 0.339 e. The summed E-state index contributed by atoms with van der Waals surface area (Å²) >= 11 is 6.53. The fraction of sp³-hybridized carbons (Fsp3) is 0.250. The first-order valence-electron chi connectivity index (χ1n) is 14.8. The van der Waals surface area contributed by atoms with Gasteiger partial charge in [0, 0.05) is 16.5 Å². The van der Waals surface area contributed by atoms with Crippen molar-refractivity contribution in [1.82, 2.24) is 4.98 Å². The van der Waals surface area contributed by atoms with Crippen molar-refractivity contribution in [1.29, 1.82) is 0 Å². The zero-order chi connectivity index (χ0) is 30.7. The molecule has 5 atom stereocenters. The van der Waals surface area contributed by atoms with E-state index in [0.29, 0.717) is 44.9 Å². The van der Waals surface area contributed by atoms with E-state index < -0.39 is 12.1 Å². The van der Waals surface area contributed by atoms with Crippen LogP contribution in [0.1, 0.15) is 47.4 Å². The highest BCUT2D eigenvalue weighted by atomic mass is 35.5. The Labute approximate surface area is 259 Å². The quantitative estimate of drug-likeness (QED) is 0.0969. The lowest BCUT2D eigenvalue weighted by molar-refractivity contribution is -0.123. The number of fused-ring (bicyclic) bond motifs is 6. The molecule has 8 heteroatoms. The van der Waals surface area contributed by atoms with Gasteiger partial charge in [-0.05, 0) is 55.9 Å². The first-order valence-corrected chi connectivity index (χ1v) is 15.2. The van der Waals surface area contributed by atoms with Gasteiger partial charge < -0.3 is 4.74 Å². The summed E-state index contributed by atoms with van der Waals surface area (Å²) in [6, 6.07) is 22.5. The number of benzene rings is 3. The summed E-state index contributed by atoms with van der Waals surface area (Å²) < 4.78 is 5.77. The summed E-state index contributed by atoms with van der Waals surface area (Å²) in [4.78, 5) is 59.6. The molecule has 4 aromatic rings. The lowest BCUT2D eigenvalue weighted by Crippen LogP contribution is -2.32. The van der Waals surface area contributed by atoms with E-state index in [4.69, 9.17) is 21.3 Å². The second kappa shape index (κ2) is 10.8. The average molecular weight is 605 g/mol. The van der Waals surface area contributed by atoms with Gasteiger partial charge in [0.15, 0.2) is 6.10 Å². The summed E-state index contributed by atoms with van der Waals surface area (Å²) in [5.74, 6) is -1.50. The van der Waals surface area contributed by atoms with Gasteiger partial charge in [0.2, 0.25) is 17.6 Å². The number of amides is 2. The molecule has 44 heavy (non-hydrogen) atoms. The Balaban J connectivity index is 1.20. The number of aromatic nitrogens is 1. The summed E-state index contributed by atoms with van der Waals surface area (Å²) in [5.41, 5.74) is 3.95. The molecule has 3 aromatic carbocycles. The SMILES string of the molecule is CCC(OC(=O)c1cc(-c2ccc(N3C(=O)C4C5C=C(C)C(C5)C4C3=O)cc2)nc2c(Cl)cccc12)C(=O)c1ccccc1. The summed E-state index contributed by atoms with van der Waals surface area (Å²) in [6.07, 6.45) is 2.39. The zero-order valence-electron chi connectivity index (χ0n) is 24.2. The topological polar surface area (TPSA) is 93.6 Å². The number of pyridine rings is 1. The van der Waals surface area contributed by atoms with Crippen LogP contribution in [0.4, 0.5) is 5.69 Å². The molecule has 7 rings (SSSR count). The second-order valence-corrected chi connectivity index (χ2v) is 12.2. The number of carbonyl (C=O) groups excluding carboxylic acids is 4. The molecule has 2 fully saturated rings. The molecule has 1 aromatic heterocycles. The van der Waals surface area contributed by atoms with Crippen molar-refractivity contribution in [2.75, 3.05) is 4.90 Å². The zero-order valence-corrected chi connectivity index (χ0v) is 25.0. The number of nitrogens with zero attached hydrogens (tertiary/aromatic N) is 2. The van der Waals surface area contributed by atoms with Crippen LogP contribution in [-0.4, -0.2) is 34.7 Å². The molecule has 7 nitrogen and oxygen atoms in total. The number of esters is 1. The average Bonchev–Trinajstić information content (AvgIpc) is 3.69. The Kier molecular flexibility index (Phi) is 6.93. The van der Waals surface area contributed by atoms with E-state index in [1.807, 2.05) is 13.0 Å². The van der Waals surface area contributed by atoms with Crippen molar-refractivity contribution in [3.05, 3.63) is 107 Å². The van der Waals surface area contributed by atoms with Gasteiger partial charge in [-0.1, -0.05) is 84.8 Å². The number of imide groups is 1. The maximum atomic E-state index is 13.6. The molecule has 3 aliphatic rings. The van der Waals surface area contributed by atoms with Crippen LogP contribution >= 0.6 is 11.6 Å². The first kappa shape index (κ1) is 28.2. The third-order valence-electron chi connectivity index (χ3n) is 9.28. The Morgan fingerprint density at radius 2 is 1.70 bits per heavy atom. The summed E-state index contributed by atoms with van der Waals surface area (Å²) in [7, 11) is 0. The van der Waals surface area contributed by atoms with Crippen LogP contribution in [0.15, 0.2) is 90.5 Å². The number of halogens is 1. The van der Waals surface area contributed by atoms with Gasteiger partial charge in [0.05, 0.1) is 39.3 Å². The molecule has 0 N–H and O–H groups in total. The van der Waals surface area contributed by atoms with Gasteiger partial charge in [-0.3, -0.25) is 19.3 Å². The van der Waals surface area contributed by atoms with Crippen molar-refractivity contribution >= 4 is 51.8 Å². The predicted octanol–water partition coefficient (Wildman–Crippen LogP) is 7.08. The Bertz CT molecular complexity index is 1880. The molecular formula is C36H29ClN2O5. The van der Waals surface area contributed by atoms with Crippen LogP contribution in [0.25, 0.3) is 22.2 Å². The number of carbonyl (C=O) groups is 4. The number of para-hydroxylation sites is 1. The van der Waals surface area contributed by atoms with Crippen molar-refractivity contribution in [3.8, 4) is 11.3 Å². The van der Waals surface area contributed by atoms with Crippen molar-refractivity contribution in [2.45, 2.75) is 32.8 Å². The number of ether oxygens (including phenoxy) is 1. The van der Waals surface area contributed by atoms with Gasteiger partial charge in [-0.25, -0.2) is 9.78 Å². The van der Waals surface area contributed by atoms with Crippen LogP contribution in [0.5, 0.6) is 0 Å². The van der Waals surface area contributed by atoms with E-state index >= 15 is 0 Å². The number of allylic oxidation sites excluding steroid dienone is 2. The van der Waals surface area contributed by atoms with Crippen molar-refractivity contribution in [3.63, 3.8) is 0 Å². The number of hydrogen-bond acceptors (Lipinski definition) is 6. The lowest BCUT2D eigenvalue weighted by atomic mass is 9.82. The fourth-order valence-corrected chi connectivity index (χ4v) is 7.36. The number of hydrogen-bond donors (Lipinski definition) is 0. The third kappa shape index (κ3) is 4.46. The second-order valence-electron chi connectivity index (χ2n) is 11.8. The van der Waals surface area contributed by atoms with E-state index in [2.05, 4.69) is 6.08 Å². The van der Waals surface area contributed by atoms with Crippen LogP contribution in [0.2, 0.25) is 5.02 Å². The molecule has 2 amide bonds. The van der Waals surface area contributed by atoms with Crippen molar-refractivity contribution < 1.29 is 23.9 Å². The van der Waals surface area contributed by atoms with Gasteiger partial charge >= 0.3 is 5.97 Å². The molecular weight excluding hydrogens is 576 g/mol. The molecule has 0 spiro atoms. The van der Waals surface area contributed by atoms with Crippen LogP contribution in [0.3, 0.4) is 0 Å². The number of Topliss-reactive ketones (excluding diaryl/α,β-unsaturated/α-hetero) is 1. The highest BCUT2D eigenvalue weighted by molar-refractivity contribution is 6.35. The number of anilines is 1. The molecule has 5 unspecified atom stereocenters.